The van der Waals surface area contributed by atoms with Crippen molar-refractivity contribution < 1.29 is 0 Å². The van der Waals surface area contributed by atoms with Crippen molar-refractivity contribution >= 4 is 5.96 Å². The first kappa shape index (κ1) is 18.4. The molecule has 5 heteroatoms. The van der Waals surface area contributed by atoms with E-state index in [2.05, 4.69) is 55.8 Å². The van der Waals surface area contributed by atoms with Crippen LogP contribution in [-0.2, 0) is 13.1 Å². The maximum atomic E-state index is 4.52. The molecule has 0 radical (unpaired) electrons. The van der Waals surface area contributed by atoms with Crippen LogP contribution in [0.2, 0.25) is 0 Å². The van der Waals surface area contributed by atoms with E-state index in [-0.39, 0.29) is 0 Å². The summed E-state index contributed by atoms with van der Waals surface area (Å²) in [5.74, 6) is 0.856. The third-order valence-electron chi connectivity index (χ3n) is 4.78. The molecule has 0 bridgehead atoms. The standard InChI is InChI=1S/C21H29N5/c1-17-7-6-10-20(24-17)15-23-21(22-2)25-19-11-13-26(14-12-19)16-18-8-4-3-5-9-18/h3-10,19H,11-16H2,1-2H3,(H2,22,23,25). The third-order valence-corrected chi connectivity index (χ3v) is 4.78. The number of likely N-dealkylation sites (tertiary alicyclic amines) is 1. The molecular weight excluding hydrogens is 322 g/mol. The van der Waals surface area contributed by atoms with Crippen molar-refractivity contribution in [1.82, 2.24) is 20.5 Å². The van der Waals surface area contributed by atoms with Crippen LogP contribution in [0, 0.1) is 6.92 Å². The largest absolute Gasteiger partial charge is 0.354 e. The number of guanidine groups is 1. The lowest BCUT2D eigenvalue weighted by Crippen LogP contribution is -2.48. The quantitative estimate of drug-likeness (QED) is 0.642. The maximum Gasteiger partial charge on any atom is 0.191 e. The highest BCUT2D eigenvalue weighted by atomic mass is 15.2. The smallest absolute Gasteiger partial charge is 0.191 e. The van der Waals surface area contributed by atoms with Gasteiger partial charge < -0.3 is 10.6 Å². The highest BCUT2D eigenvalue weighted by Crippen LogP contribution is 2.13. The lowest BCUT2D eigenvalue weighted by atomic mass is 10.0. The van der Waals surface area contributed by atoms with Gasteiger partial charge in [0.2, 0.25) is 0 Å². The van der Waals surface area contributed by atoms with Crippen molar-refractivity contribution in [3.8, 4) is 0 Å². The summed E-state index contributed by atoms with van der Waals surface area (Å²) in [4.78, 5) is 11.4. The van der Waals surface area contributed by atoms with Crippen molar-refractivity contribution in [1.29, 1.82) is 0 Å². The van der Waals surface area contributed by atoms with Gasteiger partial charge in [0.25, 0.3) is 0 Å². The molecule has 0 atom stereocenters. The zero-order chi connectivity index (χ0) is 18.2. The fraction of sp³-hybridized carbons (Fsp3) is 0.429. The number of rotatable bonds is 5. The summed E-state index contributed by atoms with van der Waals surface area (Å²) in [5, 5.41) is 6.93. The van der Waals surface area contributed by atoms with Crippen molar-refractivity contribution in [2.45, 2.75) is 38.9 Å². The number of pyridine rings is 1. The Morgan fingerprint density at radius 1 is 1.12 bits per heavy atom. The summed E-state index contributed by atoms with van der Waals surface area (Å²) in [6, 6.07) is 17.3. The number of nitrogens with zero attached hydrogens (tertiary/aromatic N) is 3. The fourth-order valence-electron chi connectivity index (χ4n) is 3.34. The summed E-state index contributed by atoms with van der Waals surface area (Å²) in [6.07, 6.45) is 2.27. The van der Waals surface area contributed by atoms with E-state index in [0.717, 1.165) is 49.8 Å². The van der Waals surface area contributed by atoms with Crippen LogP contribution in [0.1, 0.15) is 29.8 Å². The van der Waals surface area contributed by atoms with Crippen LogP contribution in [0.25, 0.3) is 0 Å². The van der Waals surface area contributed by atoms with Crippen LogP contribution in [0.3, 0.4) is 0 Å². The van der Waals surface area contributed by atoms with E-state index in [1.54, 1.807) is 0 Å². The number of hydrogen-bond acceptors (Lipinski definition) is 3. The summed E-state index contributed by atoms with van der Waals surface area (Å²) in [7, 11) is 1.82. The molecule has 0 aliphatic carbocycles. The molecule has 0 saturated carbocycles. The van der Waals surface area contributed by atoms with E-state index in [0.29, 0.717) is 12.6 Å². The van der Waals surface area contributed by atoms with E-state index in [1.807, 2.05) is 32.2 Å². The number of aliphatic imine (C=N–C) groups is 1. The van der Waals surface area contributed by atoms with Crippen LogP contribution in [0.5, 0.6) is 0 Å². The van der Waals surface area contributed by atoms with Gasteiger partial charge in [-0.25, -0.2) is 0 Å². The molecule has 26 heavy (non-hydrogen) atoms. The topological polar surface area (TPSA) is 52.6 Å². The van der Waals surface area contributed by atoms with Crippen molar-refractivity contribution in [3.05, 3.63) is 65.5 Å². The SMILES string of the molecule is CN=C(NCc1cccc(C)n1)NC1CCN(Cc2ccccc2)CC1. The Kier molecular flexibility index (Phi) is 6.61. The van der Waals surface area contributed by atoms with Gasteiger partial charge in [-0.3, -0.25) is 14.9 Å². The van der Waals surface area contributed by atoms with Gasteiger partial charge in [0.1, 0.15) is 0 Å². The van der Waals surface area contributed by atoms with Crippen LogP contribution < -0.4 is 10.6 Å². The second-order valence-corrected chi connectivity index (χ2v) is 6.88. The first-order chi connectivity index (χ1) is 12.7. The van der Waals surface area contributed by atoms with Crippen LogP contribution in [0.4, 0.5) is 0 Å². The van der Waals surface area contributed by atoms with Gasteiger partial charge in [-0.15, -0.1) is 0 Å². The highest BCUT2D eigenvalue weighted by Gasteiger charge is 2.20. The highest BCUT2D eigenvalue weighted by molar-refractivity contribution is 5.79. The molecule has 1 fully saturated rings. The molecule has 138 valence electrons. The van der Waals surface area contributed by atoms with Gasteiger partial charge >= 0.3 is 0 Å². The molecule has 3 rings (SSSR count). The second-order valence-electron chi connectivity index (χ2n) is 6.88. The van der Waals surface area contributed by atoms with Gasteiger partial charge in [-0.2, -0.15) is 0 Å². The number of piperidine rings is 1. The average molecular weight is 351 g/mol. The van der Waals surface area contributed by atoms with E-state index in [9.17, 15) is 0 Å². The molecule has 2 aromatic rings. The molecule has 0 amide bonds. The number of nitrogens with one attached hydrogen (secondary N) is 2. The second kappa shape index (κ2) is 9.34. The molecule has 2 N–H and O–H groups in total. The average Bonchev–Trinajstić information content (AvgIpc) is 2.67. The van der Waals surface area contributed by atoms with Gasteiger partial charge in [0.15, 0.2) is 5.96 Å². The summed E-state index contributed by atoms with van der Waals surface area (Å²) < 4.78 is 0. The van der Waals surface area contributed by atoms with E-state index >= 15 is 0 Å². The zero-order valence-corrected chi connectivity index (χ0v) is 15.8. The maximum absolute atomic E-state index is 4.52. The Morgan fingerprint density at radius 2 is 1.88 bits per heavy atom. The molecule has 1 saturated heterocycles. The first-order valence-corrected chi connectivity index (χ1v) is 9.39. The predicted molar refractivity (Wildman–Crippen MR) is 107 cm³/mol. The van der Waals surface area contributed by atoms with Crippen LogP contribution in [0.15, 0.2) is 53.5 Å². The van der Waals surface area contributed by atoms with Gasteiger partial charge in [0, 0.05) is 38.4 Å². The van der Waals surface area contributed by atoms with E-state index in [1.165, 1.54) is 5.56 Å². The van der Waals surface area contributed by atoms with Gasteiger partial charge in [-0.1, -0.05) is 36.4 Å². The molecule has 1 aromatic heterocycles. The molecule has 1 aromatic carbocycles. The molecule has 5 nitrogen and oxygen atoms in total. The predicted octanol–water partition coefficient (Wildman–Crippen LogP) is 2.72. The molecule has 0 spiro atoms. The summed E-state index contributed by atoms with van der Waals surface area (Å²) >= 11 is 0. The lowest BCUT2D eigenvalue weighted by molar-refractivity contribution is 0.198. The number of aromatic nitrogens is 1. The first-order valence-electron chi connectivity index (χ1n) is 9.39. The van der Waals surface area contributed by atoms with Crippen molar-refractivity contribution in [2.75, 3.05) is 20.1 Å². The Morgan fingerprint density at radius 3 is 2.58 bits per heavy atom. The van der Waals surface area contributed by atoms with Gasteiger partial charge in [0.05, 0.1) is 12.2 Å². The lowest BCUT2D eigenvalue weighted by Gasteiger charge is -2.33. The molecule has 0 unspecified atom stereocenters. The normalized spacial score (nSPS) is 16.5. The number of aryl methyl sites for hydroxylation is 1. The summed E-state index contributed by atoms with van der Waals surface area (Å²) in [5.41, 5.74) is 3.46. The van der Waals surface area contributed by atoms with Crippen LogP contribution >= 0.6 is 0 Å². The number of benzene rings is 1. The Balaban J connectivity index is 1.42. The summed E-state index contributed by atoms with van der Waals surface area (Å²) in [6.45, 7) is 5.97. The minimum absolute atomic E-state index is 0.471. The van der Waals surface area contributed by atoms with E-state index in [4.69, 9.17) is 0 Å². The Labute approximate surface area is 156 Å². The fourth-order valence-corrected chi connectivity index (χ4v) is 3.34. The van der Waals surface area contributed by atoms with Crippen molar-refractivity contribution in [2.24, 2.45) is 4.99 Å². The molecular formula is C21H29N5. The minimum Gasteiger partial charge on any atom is -0.354 e. The van der Waals surface area contributed by atoms with Crippen LogP contribution in [-0.4, -0.2) is 42.0 Å². The zero-order valence-electron chi connectivity index (χ0n) is 15.8. The van der Waals surface area contributed by atoms with Gasteiger partial charge in [-0.05, 0) is 37.5 Å². The Bertz CT molecular complexity index is 705. The molecule has 1 aliphatic rings. The van der Waals surface area contributed by atoms with Crippen molar-refractivity contribution in [3.63, 3.8) is 0 Å². The molecule has 2 heterocycles. The van der Waals surface area contributed by atoms with E-state index < -0.39 is 0 Å². The third kappa shape index (κ3) is 5.56. The monoisotopic (exact) mass is 351 g/mol. The Hall–Kier alpha value is -2.40. The number of hydrogen-bond donors (Lipinski definition) is 2. The molecule has 1 aliphatic heterocycles. The minimum atomic E-state index is 0.471.